The lowest BCUT2D eigenvalue weighted by atomic mass is 9.84. The highest BCUT2D eigenvalue weighted by Gasteiger charge is 2.36. The number of rotatable bonds is 4. The van der Waals surface area contributed by atoms with Crippen LogP contribution in [0.3, 0.4) is 0 Å². The number of aromatic nitrogens is 4. The van der Waals surface area contributed by atoms with E-state index in [0.29, 0.717) is 6.04 Å². The third-order valence-electron chi connectivity index (χ3n) is 5.54. The minimum atomic E-state index is -0.482. The van der Waals surface area contributed by atoms with Gasteiger partial charge in [0.2, 0.25) is 0 Å². The topological polar surface area (TPSA) is 69.8 Å². The van der Waals surface area contributed by atoms with Gasteiger partial charge in [-0.05, 0) is 38.9 Å². The zero-order valence-electron chi connectivity index (χ0n) is 14.5. The zero-order chi connectivity index (χ0) is 16.7. The normalized spacial score (nSPS) is 21.4. The van der Waals surface area contributed by atoms with E-state index in [9.17, 15) is 5.11 Å². The maximum atomic E-state index is 10.7. The van der Waals surface area contributed by atoms with Gasteiger partial charge in [0, 0.05) is 25.7 Å². The summed E-state index contributed by atoms with van der Waals surface area (Å²) in [6.07, 6.45) is 5.46. The Kier molecular flexibility index (Phi) is 3.92. The van der Waals surface area contributed by atoms with E-state index in [1.54, 1.807) is 4.52 Å². The van der Waals surface area contributed by atoms with Crippen LogP contribution in [0.2, 0.25) is 0 Å². The summed E-state index contributed by atoms with van der Waals surface area (Å²) in [5.74, 6) is 1.77. The van der Waals surface area contributed by atoms with Crippen molar-refractivity contribution < 1.29 is 5.11 Å². The van der Waals surface area contributed by atoms with Gasteiger partial charge in [-0.15, -0.1) is 15.3 Å². The summed E-state index contributed by atoms with van der Waals surface area (Å²) in [4.78, 5) is 4.59. The summed E-state index contributed by atoms with van der Waals surface area (Å²) < 4.78 is 1.79. The van der Waals surface area contributed by atoms with Crippen molar-refractivity contribution in [3.05, 3.63) is 18.0 Å². The van der Waals surface area contributed by atoms with Crippen molar-refractivity contribution >= 4 is 11.5 Å². The van der Waals surface area contributed by atoms with Crippen LogP contribution in [0.15, 0.2) is 12.1 Å². The lowest BCUT2D eigenvalue weighted by molar-refractivity contribution is -0.0316. The van der Waals surface area contributed by atoms with E-state index < -0.39 is 5.60 Å². The summed E-state index contributed by atoms with van der Waals surface area (Å²) >= 11 is 0. The third-order valence-corrected chi connectivity index (χ3v) is 5.54. The van der Waals surface area contributed by atoms with E-state index in [-0.39, 0.29) is 0 Å². The van der Waals surface area contributed by atoms with Crippen LogP contribution in [-0.4, -0.2) is 68.1 Å². The highest BCUT2D eigenvalue weighted by atomic mass is 16.3. The Bertz CT molecular complexity index is 717. The molecule has 1 saturated heterocycles. The lowest BCUT2D eigenvalue weighted by Crippen LogP contribution is -2.61. The standard InChI is InChI=1S/C17H26N6O/c1-13-18-19-15-6-7-16(20-23(13)15)22-10-14(11-22)21(2)12-17(24)8-4-3-5-9-17/h6-7,14,24H,3-5,8-12H2,1-2H3. The van der Waals surface area contributed by atoms with E-state index in [0.717, 1.165) is 62.6 Å². The fraction of sp³-hybridized carbons (Fsp3) is 0.706. The first kappa shape index (κ1) is 15.8. The summed E-state index contributed by atoms with van der Waals surface area (Å²) in [5, 5.41) is 23.5. The molecule has 2 fully saturated rings. The van der Waals surface area contributed by atoms with Gasteiger partial charge in [-0.25, -0.2) is 0 Å². The van der Waals surface area contributed by atoms with Crippen LogP contribution in [0.1, 0.15) is 37.9 Å². The van der Waals surface area contributed by atoms with Crippen molar-refractivity contribution in [1.82, 2.24) is 24.7 Å². The van der Waals surface area contributed by atoms with E-state index in [1.165, 1.54) is 6.42 Å². The number of aryl methyl sites for hydroxylation is 1. The molecule has 0 aromatic carbocycles. The largest absolute Gasteiger partial charge is 0.389 e. The van der Waals surface area contributed by atoms with Gasteiger partial charge >= 0.3 is 0 Å². The Balaban J connectivity index is 1.37. The molecule has 7 heteroatoms. The van der Waals surface area contributed by atoms with Crippen LogP contribution < -0.4 is 4.90 Å². The summed E-state index contributed by atoms with van der Waals surface area (Å²) in [6.45, 7) is 4.59. The molecule has 4 rings (SSSR count). The SMILES string of the molecule is Cc1nnc2ccc(N3CC(N(C)CC4(O)CCCCC4)C3)nn12. The van der Waals surface area contributed by atoms with Gasteiger partial charge in [-0.3, -0.25) is 4.90 Å². The van der Waals surface area contributed by atoms with Crippen molar-refractivity contribution in [2.75, 3.05) is 31.6 Å². The van der Waals surface area contributed by atoms with Gasteiger partial charge in [0.05, 0.1) is 5.60 Å². The van der Waals surface area contributed by atoms with Gasteiger partial charge < -0.3 is 10.0 Å². The number of aliphatic hydroxyl groups is 1. The second-order valence-corrected chi connectivity index (χ2v) is 7.47. The smallest absolute Gasteiger partial charge is 0.178 e. The van der Waals surface area contributed by atoms with E-state index in [4.69, 9.17) is 0 Å². The van der Waals surface area contributed by atoms with Crippen molar-refractivity contribution in [3.63, 3.8) is 0 Å². The summed E-state index contributed by atoms with van der Waals surface area (Å²) in [6, 6.07) is 4.45. The van der Waals surface area contributed by atoms with Gasteiger partial charge in [0.15, 0.2) is 11.5 Å². The molecule has 0 amide bonds. The third kappa shape index (κ3) is 2.86. The predicted octanol–water partition coefficient (Wildman–Crippen LogP) is 1.25. The zero-order valence-corrected chi connectivity index (χ0v) is 14.5. The maximum absolute atomic E-state index is 10.7. The fourth-order valence-corrected chi connectivity index (χ4v) is 3.94. The van der Waals surface area contributed by atoms with Crippen molar-refractivity contribution in [3.8, 4) is 0 Å². The molecule has 0 bridgehead atoms. The molecule has 1 saturated carbocycles. The van der Waals surface area contributed by atoms with Crippen molar-refractivity contribution in [2.45, 2.75) is 50.7 Å². The number of anilines is 1. The summed E-state index contributed by atoms with van der Waals surface area (Å²) in [7, 11) is 2.13. The quantitative estimate of drug-likeness (QED) is 0.910. The first-order valence-electron chi connectivity index (χ1n) is 8.91. The molecular weight excluding hydrogens is 304 g/mol. The molecule has 2 aromatic rings. The Morgan fingerprint density at radius 1 is 1.21 bits per heavy atom. The molecule has 130 valence electrons. The van der Waals surface area contributed by atoms with E-state index in [1.807, 2.05) is 19.1 Å². The van der Waals surface area contributed by atoms with Gasteiger partial charge in [-0.1, -0.05) is 19.3 Å². The molecule has 2 aromatic heterocycles. The molecule has 24 heavy (non-hydrogen) atoms. The molecule has 0 atom stereocenters. The second-order valence-electron chi connectivity index (χ2n) is 7.47. The van der Waals surface area contributed by atoms with Gasteiger partial charge in [0.25, 0.3) is 0 Å². The number of likely N-dealkylation sites (N-methyl/N-ethyl adjacent to an activating group) is 1. The Morgan fingerprint density at radius 2 is 1.96 bits per heavy atom. The molecule has 0 radical (unpaired) electrons. The highest BCUT2D eigenvalue weighted by molar-refractivity contribution is 5.47. The fourth-order valence-electron chi connectivity index (χ4n) is 3.94. The average molecular weight is 330 g/mol. The molecule has 7 nitrogen and oxygen atoms in total. The molecule has 1 aliphatic heterocycles. The Morgan fingerprint density at radius 3 is 2.71 bits per heavy atom. The second kappa shape index (κ2) is 5.97. The number of hydrogen-bond acceptors (Lipinski definition) is 6. The number of nitrogens with zero attached hydrogens (tertiary/aromatic N) is 6. The highest BCUT2D eigenvalue weighted by Crippen LogP contribution is 2.30. The maximum Gasteiger partial charge on any atom is 0.178 e. The first-order chi connectivity index (χ1) is 11.5. The Hall–Kier alpha value is -1.73. The van der Waals surface area contributed by atoms with Crippen LogP contribution in [0.4, 0.5) is 5.82 Å². The lowest BCUT2D eigenvalue weighted by Gasteiger charge is -2.47. The predicted molar refractivity (Wildman–Crippen MR) is 92.2 cm³/mol. The van der Waals surface area contributed by atoms with Gasteiger partial charge in [0.1, 0.15) is 5.82 Å². The first-order valence-corrected chi connectivity index (χ1v) is 8.91. The molecule has 1 aliphatic carbocycles. The van der Waals surface area contributed by atoms with Crippen LogP contribution in [0.25, 0.3) is 5.65 Å². The number of hydrogen-bond donors (Lipinski definition) is 1. The van der Waals surface area contributed by atoms with Crippen molar-refractivity contribution in [1.29, 1.82) is 0 Å². The molecule has 0 spiro atoms. The van der Waals surface area contributed by atoms with Crippen LogP contribution in [0.5, 0.6) is 0 Å². The van der Waals surface area contributed by atoms with Crippen LogP contribution >= 0.6 is 0 Å². The van der Waals surface area contributed by atoms with E-state index in [2.05, 4.69) is 32.1 Å². The van der Waals surface area contributed by atoms with E-state index >= 15 is 0 Å². The molecule has 3 heterocycles. The van der Waals surface area contributed by atoms with Gasteiger partial charge in [-0.2, -0.15) is 4.52 Å². The monoisotopic (exact) mass is 330 g/mol. The van der Waals surface area contributed by atoms with Crippen LogP contribution in [0, 0.1) is 6.92 Å². The minimum absolute atomic E-state index is 0.482. The molecular formula is C17H26N6O. The van der Waals surface area contributed by atoms with Crippen molar-refractivity contribution in [2.24, 2.45) is 0 Å². The minimum Gasteiger partial charge on any atom is -0.389 e. The molecule has 0 unspecified atom stereocenters. The summed E-state index contributed by atoms with van der Waals surface area (Å²) in [5.41, 5.74) is 0.300. The molecule has 2 aliphatic rings. The average Bonchev–Trinajstić information content (AvgIpc) is 2.87. The van der Waals surface area contributed by atoms with Crippen LogP contribution in [-0.2, 0) is 0 Å². The molecule has 1 N–H and O–H groups in total. The number of fused-ring (bicyclic) bond motifs is 1. The Labute approximate surface area is 142 Å².